The molecule has 2 heterocycles. The number of fused-ring (bicyclic) bond motifs is 1. The molecule has 3 amide bonds. The van der Waals surface area contributed by atoms with Crippen LogP contribution in [0.15, 0.2) is 47.3 Å². The summed E-state index contributed by atoms with van der Waals surface area (Å²) in [5, 5.41) is 0. The number of hydrogen-bond donors (Lipinski definition) is 0. The van der Waals surface area contributed by atoms with Crippen molar-refractivity contribution in [2.24, 2.45) is 4.99 Å². The Kier molecular flexibility index (Phi) is 4.50. The fraction of sp³-hybridized carbons (Fsp3) is 0.353. The third-order valence-corrected chi connectivity index (χ3v) is 4.11. The van der Waals surface area contributed by atoms with E-state index in [4.69, 9.17) is 4.74 Å². The minimum Gasteiger partial charge on any atom is -0.431 e. The predicted molar refractivity (Wildman–Crippen MR) is 88.9 cm³/mol. The lowest BCUT2D eigenvalue weighted by Crippen LogP contribution is -2.38. The number of aliphatic imine (C=N–C) groups is 1. The maximum atomic E-state index is 12.4. The highest BCUT2D eigenvalue weighted by Gasteiger charge is 2.34. The second-order valence-electron chi connectivity index (χ2n) is 5.68. The van der Waals surface area contributed by atoms with Gasteiger partial charge in [-0.3, -0.25) is 9.69 Å². The van der Waals surface area contributed by atoms with Gasteiger partial charge in [0.25, 0.3) is 5.91 Å². The normalized spacial score (nSPS) is 16.8. The summed E-state index contributed by atoms with van der Waals surface area (Å²) in [5.41, 5.74) is 1.44. The van der Waals surface area contributed by atoms with Crippen LogP contribution in [0.1, 0.15) is 12.5 Å². The summed E-state index contributed by atoms with van der Waals surface area (Å²) < 4.78 is 5.35. The zero-order valence-electron chi connectivity index (χ0n) is 13.8. The van der Waals surface area contributed by atoms with Crippen LogP contribution in [0.5, 0.6) is 0 Å². The van der Waals surface area contributed by atoms with Crippen LogP contribution >= 0.6 is 0 Å². The molecule has 0 aromatic heterocycles. The Hall–Kier alpha value is -2.83. The number of rotatable bonds is 4. The predicted octanol–water partition coefficient (Wildman–Crippen LogP) is 1.63. The molecule has 0 bridgehead atoms. The monoisotopic (exact) mass is 328 g/mol. The Labute approximate surface area is 140 Å². The molecular weight excluding hydrogens is 308 g/mol. The number of likely N-dealkylation sites (N-methyl/N-ethyl adjacent to an activating group) is 1. The van der Waals surface area contributed by atoms with E-state index >= 15 is 0 Å². The molecule has 0 N–H and O–H groups in total. The number of urea groups is 1. The molecule has 2 aliphatic heterocycles. The lowest BCUT2D eigenvalue weighted by atomic mass is 10.2. The molecule has 0 radical (unpaired) electrons. The fourth-order valence-corrected chi connectivity index (χ4v) is 2.57. The van der Waals surface area contributed by atoms with Crippen molar-refractivity contribution in [3.05, 3.63) is 47.9 Å². The van der Waals surface area contributed by atoms with Crippen molar-refractivity contribution in [1.82, 2.24) is 14.7 Å². The van der Waals surface area contributed by atoms with Gasteiger partial charge in [-0.05, 0) is 12.5 Å². The second kappa shape index (κ2) is 6.74. The maximum absolute atomic E-state index is 12.4. The number of amides is 3. The average Bonchev–Trinajstić information content (AvgIpc) is 2.93. The van der Waals surface area contributed by atoms with Gasteiger partial charge in [0, 0.05) is 33.2 Å². The van der Waals surface area contributed by atoms with E-state index in [1.807, 2.05) is 37.3 Å². The van der Waals surface area contributed by atoms with Gasteiger partial charge in [-0.1, -0.05) is 30.3 Å². The van der Waals surface area contributed by atoms with Gasteiger partial charge < -0.3 is 14.5 Å². The van der Waals surface area contributed by atoms with E-state index in [2.05, 4.69) is 4.99 Å². The summed E-state index contributed by atoms with van der Waals surface area (Å²) in [5.74, 6) is -0.147. The number of carbonyl (C=O) groups is 2. The largest absolute Gasteiger partial charge is 0.431 e. The third-order valence-electron chi connectivity index (χ3n) is 4.11. The molecule has 3 rings (SSSR count). The van der Waals surface area contributed by atoms with Crippen LogP contribution in [-0.4, -0.2) is 59.3 Å². The van der Waals surface area contributed by atoms with Crippen LogP contribution in [0.2, 0.25) is 0 Å². The van der Waals surface area contributed by atoms with Crippen LogP contribution in [0, 0.1) is 0 Å². The lowest BCUT2D eigenvalue weighted by molar-refractivity contribution is -0.126. The van der Waals surface area contributed by atoms with Crippen LogP contribution < -0.4 is 0 Å². The zero-order valence-corrected chi connectivity index (χ0v) is 13.8. The Morgan fingerprint density at radius 1 is 1.29 bits per heavy atom. The number of benzene rings is 1. The highest BCUT2D eigenvalue weighted by Crippen LogP contribution is 2.21. The van der Waals surface area contributed by atoms with Crippen molar-refractivity contribution in [2.75, 3.05) is 26.7 Å². The summed E-state index contributed by atoms with van der Waals surface area (Å²) in [7, 11) is 1.73. The van der Waals surface area contributed by atoms with Crippen molar-refractivity contribution in [3.63, 3.8) is 0 Å². The first-order valence-corrected chi connectivity index (χ1v) is 7.91. The molecule has 0 atom stereocenters. The van der Waals surface area contributed by atoms with Crippen LogP contribution in [0.3, 0.4) is 0 Å². The molecule has 24 heavy (non-hydrogen) atoms. The molecule has 0 unspecified atom stereocenters. The van der Waals surface area contributed by atoms with E-state index in [0.717, 1.165) is 5.56 Å². The fourth-order valence-electron chi connectivity index (χ4n) is 2.57. The molecule has 7 heteroatoms. The molecule has 0 saturated heterocycles. The summed E-state index contributed by atoms with van der Waals surface area (Å²) >= 11 is 0. The first-order chi connectivity index (χ1) is 11.6. The minimum atomic E-state index is -0.359. The van der Waals surface area contributed by atoms with Gasteiger partial charge >= 0.3 is 12.1 Å². The molecule has 0 spiro atoms. The highest BCUT2D eigenvalue weighted by atomic mass is 16.5. The smallest absolute Gasteiger partial charge is 0.348 e. The van der Waals surface area contributed by atoms with Gasteiger partial charge in [0.15, 0.2) is 0 Å². The molecule has 2 aliphatic rings. The molecular formula is C17H20N4O3. The molecule has 0 fully saturated rings. The van der Waals surface area contributed by atoms with E-state index < -0.39 is 0 Å². The standard InChI is InChI=1S/C17H20N4O3/c1-3-19(2)15(22)14-12-24-17-18-16(23)20(9-10-21(14)17)11-13-7-5-4-6-8-13/h4-8,12H,3,9-11H2,1-2H3. The van der Waals surface area contributed by atoms with Gasteiger partial charge in [0.1, 0.15) is 12.0 Å². The Balaban J connectivity index is 1.74. The average molecular weight is 328 g/mol. The van der Waals surface area contributed by atoms with E-state index in [0.29, 0.717) is 31.9 Å². The Bertz CT molecular complexity index is 699. The van der Waals surface area contributed by atoms with E-state index in [9.17, 15) is 9.59 Å². The summed E-state index contributed by atoms with van der Waals surface area (Å²) in [4.78, 5) is 33.6. The minimum absolute atomic E-state index is 0.147. The lowest BCUT2D eigenvalue weighted by Gasteiger charge is -2.23. The van der Waals surface area contributed by atoms with Gasteiger partial charge in [-0.2, -0.15) is 0 Å². The quantitative estimate of drug-likeness (QED) is 0.843. The van der Waals surface area contributed by atoms with Crippen molar-refractivity contribution in [3.8, 4) is 0 Å². The van der Waals surface area contributed by atoms with Crippen molar-refractivity contribution >= 4 is 18.0 Å². The molecule has 0 saturated carbocycles. The highest BCUT2D eigenvalue weighted by molar-refractivity contribution is 6.01. The van der Waals surface area contributed by atoms with Crippen LogP contribution in [0.25, 0.3) is 0 Å². The summed E-state index contributed by atoms with van der Waals surface area (Å²) in [6.07, 6.45) is 1.37. The molecule has 7 nitrogen and oxygen atoms in total. The number of hydrogen-bond acceptors (Lipinski definition) is 4. The summed E-state index contributed by atoms with van der Waals surface area (Å²) in [6, 6.07) is 9.55. The Morgan fingerprint density at radius 2 is 2.04 bits per heavy atom. The molecule has 0 aliphatic carbocycles. The SMILES string of the molecule is CCN(C)C(=O)C1=COC2=NC(=O)N(Cc3ccccc3)CCN12. The van der Waals surface area contributed by atoms with Gasteiger partial charge in [-0.15, -0.1) is 4.99 Å². The number of amidine groups is 1. The van der Waals surface area contributed by atoms with Crippen molar-refractivity contribution < 1.29 is 14.3 Å². The Morgan fingerprint density at radius 3 is 2.75 bits per heavy atom. The topological polar surface area (TPSA) is 65.5 Å². The van der Waals surface area contributed by atoms with Crippen molar-refractivity contribution in [1.29, 1.82) is 0 Å². The number of ether oxygens (including phenoxy) is 1. The van der Waals surface area contributed by atoms with E-state index in [-0.39, 0.29) is 18.0 Å². The zero-order chi connectivity index (χ0) is 17.1. The van der Waals surface area contributed by atoms with Gasteiger partial charge in [-0.25, -0.2) is 4.79 Å². The number of carbonyl (C=O) groups excluding carboxylic acids is 2. The first-order valence-electron chi connectivity index (χ1n) is 7.91. The second-order valence-corrected chi connectivity index (χ2v) is 5.68. The van der Waals surface area contributed by atoms with E-state index in [1.54, 1.807) is 21.7 Å². The van der Waals surface area contributed by atoms with Gasteiger partial charge in [0.2, 0.25) is 0 Å². The first kappa shape index (κ1) is 16.0. The molecule has 1 aromatic carbocycles. The van der Waals surface area contributed by atoms with Crippen molar-refractivity contribution in [2.45, 2.75) is 13.5 Å². The third kappa shape index (κ3) is 3.10. The van der Waals surface area contributed by atoms with Crippen LogP contribution in [0.4, 0.5) is 4.79 Å². The number of nitrogens with zero attached hydrogens (tertiary/aromatic N) is 4. The maximum Gasteiger partial charge on any atom is 0.348 e. The summed E-state index contributed by atoms with van der Waals surface area (Å²) in [6.45, 7) is 3.90. The molecule has 126 valence electrons. The van der Waals surface area contributed by atoms with E-state index in [1.165, 1.54) is 6.26 Å². The molecule has 1 aromatic rings. The van der Waals surface area contributed by atoms with Crippen LogP contribution in [-0.2, 0) is 16.1 Å². The van der Waals surface area contributed by atoms with Gasteiger partial charge in [0.05, 0.1) is 0 Å².